The van der Waals surface area contributed by atoms with Crippen LogP contribution in [0.4, 0.5) is 5.69 Å². The second-order valence-electron chi connectivity index (χ2n) is 4.34. The standard InChI is InChI=1S/C13H15BrN2O2S2/c1-16(2)20(17,18)12-6-4-3-5-11(12)15-9-10-7-8-13(14)19-10/h3-8,15H,9H2,1-2H3. The molecule has 0 saturated heterocycles. The fraction of sp³-hybridized carbons (Fsp3) is 0.231. The van der Waals surface area contributed by atoms with Gasteiger partial charge in [0, 0.05) is 25.5 Å². The van der Waals surface area contributed by atoms with Crippen LogP contribution in [0.3, 0.4) is 0 Å². The average Bonchev–Trinajstić information content (AvgIpc) is 2.82. The SMILES string of the molecule is CN(C)S(=O)(=O)c1ccccc1NCc1ccc(Br)s1. The van der Waals surface area contributed by atoms with E-state index in [-0.39, 0.29) is 0 Å². The van der Waals surface area contributed by atoms with Gasteiger partial charge in [0.25, 0.3) is 0 Å². The molecule has 2 rings (SSSR count). The fourth-order valence-corrected chi connectivity index (χ4v) is 4.15. The third-order valence-electron chi connectivity index (χ3n) is 2.73. The zero-order valence-electron chi connectivity index (χ0n) is 11.1. The monoisotopic (exact) mass is 374 g/mol. The first-order chi connectivity index (χ1) is 9.41. The summed E-state index contributed by atoms with van der Waals surface area (Å²) in [5, 5.41) is 3.19. The minimum absolute atomic E-state index is 0.292. The number of para-hydroxylation sites is 1. The number of halogens is 1. The Hall–Kier alpha value is -0.890. The molecule has 108 valence electrons. The van der Waals surface area contributed by atoms with Gasteiger partial charge in [-0.3, -0.25) is 0 Å². The Kier molecular flexibility index (Phi) is 4.85. The van der Waals surface area contributed by atoms with Crippen molar-refractivity contribution in [3.63, 3.8) is 0 Å². The summed E-state index contributed by atoms with van der Waals surface area (Å²) in [6.45, 7) is 0.593. The summed E-state index contributed by atoms with van der Waals surface area (Å²) < 4.78 is 26.8. The summed E-state index contributed by atoms with van der Waals surface area (Å²) in [6.07, 6.45) is 0. The molecule has 0 saturated carbocycles. The van der Waals surface area contributed by atoms with Crippen molar-refractivity contribution in [2.24, 2.45) is 0 Å². The lowest BCUT2D eigenvalue weighted by atomic mass is 10.3. The quantitative estimate of drug-likeness (QED) is 0.872. The summed E-state index contributed by atoms with van der Waals surface area (Å²) in [5.74, 6) is 0. The van der Waals surface area contributed by atoms with E-state index in [4.69, 9.17) is 0 Å². The van der Waals surface area contributed by atoms with Crippen LogP contribution in [0.2, 0.25) is 0 Å². The first kappa shape index (κ1) is 15.5. The van der Waals surface area contributed by atoms with E-state index in [0.29, 0.717) is 17.1 Å². The molecule has 0 atom stereocenters. The number of nitrogens with one attached hydrogen (secondary N) is 1. The summed E-state index contributed by atoms with van der Waals surface area (Å²) in [5.41, 5.74) is 0.616. The first-order valence-corrected chi connectivity index (χ1v) is 8.96. The van der Waals surface area contributed by atoms with Crippen molar-refractivity contribution in [1.29, 1.82) is 0 Å². The topological polar surface area (TPSA) is 49.4 Å². The molecule has 1 aromatic heterocycles. The molecule has 0 bridgehead atoms. The Balaban J connectivity index is 2.25. The first-order valence-electron chi connectivity index (χ1n) is 5.91. The van der Waals surface area contributed by atoms with Crippen LogP contribution in [0, 0.1) is 0 Å². The predicted octanol–water partition coefficient (Wildman–Crippen LogP) is 3.37. The smallest absolute Gasteiger partial charge is 0.244 e. The van der Waals surface area contributed by atoms with Crippen LogP contribution in [-0.4, -0.2) is 26.8 Å². The lowest BCUT2D eigenvalue weighted by Gasteiger charge is -2.15. The maximum absolute atomic E-state index is 12.2. The second kappa shape index (κ2) is 6.26. The molecular formula is C13H15BrN2O2S2. The van der Waals surface area contributed by atoms with Gasteiger partial charge in [0.05, 0.1) is 9.47 Å². The molecule has 0 fully saturated rings. The van der Waals surface area contributed by atoms with Gasteiger partial charge in [-0.1, -0.05) is 12.1 Å². The number of nitrogens with zero attached hydrogens (tertiary/aromatic N) is 1. The van der Waals surface area contributed by atoms with Crippen molar-refractivity contribution in [2.45, 2.75) is 11.4 Å². The Morgan fingerprint density at radius 1 is 1.20 bits per heavy atom. The lowest BCUT2D eigenvalue weighted by Crippen LogP contribution is -2.23. The lowest BCUT2D eigenvalue weighted by molar-refractivity contribution is 0.521. The molecule has 20 heavy (non-hydrogen) atoms. The maximum atomic E-state index is 12.2. The Bertz CT molecular complexity index is 696. The molecular weight excluding hydrogens is 360 g/mol. The Morgan fingerprint density at radius 3 is 2.50 bits per heavy atom. The molecule has 0 unspecified atom stereocenters. The predicted molar refractivity (Wildman–Crippen MR) is 86.7 cm³/mol. The van der Waals surface area contributed by atoms with Crippen molar-refractivity contribution in [3.8, 4) is 0 Å². The van der Waals surface area contributed by atoms with Gasteiger partial charge in [0.1, 0.15) is 4.90 Å². The number of benzene rings is 1. The van der Waals surface area contributed by atoms with Crippen molar-refractivity contribution >= 4 is 43.0 Å². The molecule has 0 spiro atoms. The van der Waals surface area contributed by atoms with Crippen molar-refractivity contribution in [3.05, 3.63) is 45.1 Å². The van der Waals surface area contributed by atoms with E-state index in [1.165, 1.54) is 18.4 Å². The molecule has 0 aliphatic rings. The van der Waals surface area contributed by atoms with Gasteiger partial charge in [-0.25, -0.2) is 12.7 Å². The number of hydrogen-bond acceptors (Lipinski definition) is 4. The highest BCUT2D eigenvalue weighted by atomic mass is 79.9. The summed E-state index contributed by atoms with van der Waals surface area (Å²) in [6, 6.07) is 10.9. The van der Waals surface area contributed by atoms with Crippen LogP contribution in [0.5, 0.6) is 0 Å². The highest BCUT2D eigenvalue weighted by Gasteiger charge is 2.20. The summed E-state index contributed by atoms with van der Waals surface area (Å²) >= 11 is 5.03. The minimum atomic E-state index is -3.44. The third-order valence-corrected chi connectivity index (χ3v) is 6.22. The highest BCUT2D eigenvalue weighted by Crippen LogP contribution is 2.26. The number of anilines is 1. The summed E-state index contributed by atoms with van der Waals surface area (Å²) in [4.78, 5) is 1.43. The van der Waals surface area contributed by atoms with Crippen LogP contribution >= 0.6 is 27.3 Å². The van der Waals surface area contributed by atoms with Gasteiger partial charge in [-0.15, -0.1) is 11.3 Å². The van der Waals surface area contributed by atoms with E-state index in [9.17, 15) is 8.42 Å². The highest BCUT2D eigenvalue weighted by molar-refractivity contribution is 9.11. The van der Waals surface area contributed by atoms with Crippen LogP contribution in [0.1, 0.15) is 4.88 Å². The van der Waals surface area contributed by atoms with Crippen molar-refractivity contribution in [2.75, 3.05) is 19.4 Å². The minimum Gasteiger partial charge on any atom is -0.379 e. The van der Waals surface area contributed by atoms with Gasteiger partial charge in [0.15, 0.2) is 0 Å². The van der Waals surface area contributed by atoms with Crippen molar-refractivity contribution < 1.29 is 8.42 Å². The fourth-order valence-electron chi connectivity index (χ4n) is 1.66. The molecule has 0 radical (unpaired) electrons. The number of rotatable bonds is 5. The molecule has 0 amide bonds. The van der Waals surface area contributed by atoms with E-state index < -0.39 is 10.0 Å². The molecule has 1 aromatic carbocycles. The largest absolute Gasteiger partial charge is 0.379 e. The second-order valence-corrected chi connectivity index (χ2v) is 9.01. The molecule has 4 nitrogen and oxygen atoms in total. The molecule has 1 N–H and O–H groups in total. The van der Waals surface area contributed by atoms with Gasteiger partial charge in [-0.2, -0.15) is 0 Å². The van der Waals surface area contributed by atoms with E-state index in [0.717, 1.165) is 8.66 Å². The van der Waals surface area contributed by atoms with E-state index in [1.807, 2.05) is 18.2 Å². The number of sulfonamides is 1. The van der Waals surface area contributed by atoms with Gasteiger partial charge in [-0.05, 0) is 40.2 Å². The van der Waals surface area contributed by atoms with Crippen LogP contribution in [0.25, 0.3) is 0 Å². The van der Waals surface area contributed by atoms with E-state index >= 15 is 0 Å². The number of thiophene rings is 1. The third kappa shape index (κ3) is 3.41. The normalized spacial score (nSPS) is 11.8. The molecule has 0 aliphatic carbocycles. The number of hydrogen-bond donors (Lipinski definition) is 1. The molecule has 2 aromatic rings. The Morgan fingerprint density at radius 2 is 1.90 bits per heavy atom. The van der Waals surface area contributed by atoms with Crippen molar-refractivity contribution in [1.82, 2.24) is 4.31 Å². The van der Waals surface area contributed by atoms with E-state index in [1.54, 1.807) is 29.5 Å². The Labute approximate surface area is 131 Å². The zero-order valence-corrected chi connectivity index (χ0v) is 14.3. The van der Waals surface area contributed by atoms with Crippen LogP contribution in [-0.2, 0) is 16.6 Å². The van der Waals surface area contributed by atoms with Crippen LogP contribution < -0.4 is 5.32 Å². The van der Waals surface area contributed by atoms with Gasteiger partial charge in [0.2, 0.25) is 10.0 Å². The average molecular weight is 375 g/mol. The van der Waals surface area contributed by atoms with Crippen LogP contribution in [0.15, 0.2) is 45.1 Å². The molecule has 7 heteroatoms. The zero-order chi connectivity index (χ0) is 14.8. The van der Waals surface area contributed by atoms with Gasteiger partial charge >= 0.3 is 0 Å². The molecule has 0 aliphatic heterocycles. The maximum Gasteiger partial charge on any atom is 0.244 e. The molecule has 1 heterocycles. The van der Waals surface area contributed by atoms with E-state index in [2.05, 4.69) is 21.2 Å². The summed E-state index contributed by atoms with van der Waals surface area (Å²) in [7, 11) is -0.381. The van der Waals surface area contributed by atoms with Gasteiger partial charge < -0.3 is 5.32 Å².